The standard InChI is InChI=1S/C15H28O2.C13H24O2.C10H15F3O4.C8H13F3O2/c1-6-14(2,3)13(16)17-15(4,5)12-10-8-7-9-11-12;1-5-12(3,4)11(14)15-13(6-2)9-7-8-10-13;1-4-9(2,3)8(15)16-5-7(14)17-6-10(11,12)13;1-4-7(2,3)6(12)13-5-8(9,10)11/h12H,6-11H2,1-5H3;5-10H2,1-4H3;4-6H2,1-3H3;4-5H2,1-3H3. The minimum absolute atomic E-state index is 0.0197. The Morgan fingerprint density at radius 3 is 1.26 bits per heavy atom. The summed E-state index contributed by atoms with van der Waals surface area (Å²) in [4.78, 5) is 57.3. The van der Waals surface area contributed by atoms with Gasteiger partial charge in [-0.15, -0.1) is 0 Å². The summed E-state index contributed by atoms with van der Waals surface area (Å²) in [6.07, 6.45) is 5.34. The number of ether oxygens (including phenoxy) is 5. The van der Waals surface area contributed by atoms with E-state index < -0.39 is 60.9 Å². The third-order valence-corrected chi connectivity index (χ3v) is 12.2. The topological polar surface area (TPSA) is 132 Å². The summed E-state index contributed by atoms with van der Waals surface area (Å²) in [7, 11) is 0. The summed E-state index contributed by atoms with van der Waals surface area (Å²) in [5.41, 5.74) is -2.74. The molecule has 62 heavy (non-hydrogen) atoms. The summed E-state index contributed by atoms with van der Waals surface area (Å²) in [5, 5.41) is 0. The predicted octanol–water partition coefficient (Wildman–Crippen LogP) is 12.6. The Kier molecular flexibility index (Phi) is 25.6. The molecule has 2 aliphatic rings. The van der Waals surface area contributed by atoms with Crippen LogP contribution >= 0.6 is 0 Å². The Labute approximate surface area is 368 Å². The molecule has 2 aliphatic carbocycles. The third kappa shape index (κ3) is 24.1. The summed E-state index contributed by atoms with van der Waals surface area (Å²) >= 11 is 0. The van der Waals surface area contributed by atoms with Crippen molar-refractivity contribution >= 4 is 29.8 Å². The van der Waals surface area contributed by atoms with E-state index in [0.717, 1.165) is 32.1 Å². The number of alkyl halides is 6. The molecule has 10 nitrogen and oxygen atoms in total. The average molecular weight is 907 g/mol. The summed E-state index contributed by atoms with van der Waals surface area (Å²) in [5.74, 6) is -2.21. The molecule has 2 saturated carbocycles. The van der Waals surface area contributed by atoms with Crippen molar-refractivity contribution in [2.24, 2.45) is 27.6 Å². The maximum atomic E-state index is 12.1. The van der Waals surface area contributed by atoms with Crippen molar-refractivity contribution in [3.63, 3.8) is 0 Å². The first kappa shape index (κ1) is 61.0. The molecule has 2 fully saturated rings. The van der Waals surface area contributed by atoms with Gasteiger partial charge in [-0.05, 0) is 146 Å². The Bertz CT molecular complexity index is 1370. The van der Waals surface area contributed by atoms with Crippen LogP contribution in [0, 0.1) is 27.6 Å². The molecule has 0 unspecified atom stereocenters. The Hall–Kier alpha value is -3.07. The Morgan fingerprint density at radius 2 is 0.871 bits per heavy atom. The highest BCUT2D eigenvalue weighted by atomic mass is 19.4. The number of carbonyl (C=O) groups excluding carboxylic acids is 5. The van der Waals surface area contributed by atoms with Gasteiger partial charge in [0.05, 0.1) is 21.7 Å². The number of hydrogen-bond donors (Lipinski definition) is 0. The van der Waals surface area contributed by atoms with Gasteiger partial charge in [-0.2, -0.15) is 26.3 Å². The van der Waals surface area contributed by atoms with Gasteiger partial charge in [-0.25, -0.2) is 4.79 Å². The molecular formula is C46H80F6O10. The molecule has 0 radical (unpaired) electrons. The van der Waals surface area contributed by atoms with Crippen LogP contribution in [0.25, 0.3) is 0 Å². The first-order valence-corrected chi connectivity index (χ1v) is 22.1. The zero-order chi connectivity index (χ0) is 49.0. The molecule has 0 aromatic carbocycles. The SMILES string of the molecule is CCC(C)(C)C(=O)OC(C)(C)C1CCCCC1.CCC(C)(C)C(=O)OCC(=O)OCC(F)(F)F.CCC(C)(C)C(=O)OCC(F)(F)F.CCC1(OC(=O)C(C)(C)CC)CCCC1. The first-order chi connectivity index (χ1) is 28.0. The fourth-order valence-corrected chi connectivity index (χ4v) is 5.58. The number of rotatable bonds is 16. The maximum Gasteiger partial charge on any atom is 0.422 e. The highest BCUT2D eigenvalue weighted by Crippen LogP contribution is 2.39. The van der Waals surface area contributed by atoms with Crippen molar-refractivity contribution in [3.05, 3.63) is 0 Å². The van der Waals surface area contributed by atoms with Gasteiger partial charge in [-0.3, -0.25) is 19.2 Å². The molecule has 0 aromatic heterocycles. The lowest BCUT2D eigenvalue weighted by molar-refractivity contribution is -0.192. The zero-order valence-corrected chi connectivity index (χ0v) is 40.4. The second-order valence-corrected chi connectivity index (χ2v) is 19.5. The van der Waals surface area contributed by atoms with E-state index in [2.05, 4.69) is 35.0 Å². The molecule has 0 amide bonds. The maximum absolute atomic E-state index is 12.1. The van der Waals surface area contributed by atoms with Crippen LogP contribution in [0.4, 0.5) is 26.3 Å². The van der Waals surface area contributed by atoms with Gasteiger partial charge in [0.2, 0.25) is 0 Å². The van der Waals surface area contributed by atoms with E-state index in [1.54, 1.807) is 41.5 Å². The minimum Gasteiger partial charge on any atom is -0.459 e. The van der Waals surface area contributed by atoms with E-state index in [-0.39, 0.29) is 34.0 Å². The van der Waals surface area contributed by atoms with E-state index in [1.807, 2.05) is 41.5 Å². The smallest absolute Gasteiger partial charge is 0.422 e. The van der Waals surface area contributed by atoms with E-state index in [4.69, 9.17) is 9.47 Å². The van der Waals surface area contributed by atoms with Crippen LogP contribution in [0.2, 0.25) is 0 Å². The molecule has 0 aromatic rings. The van der Waals surface area contributed by atoms with Crippen molar-refractivity contribution < 1.29 is 74.0 Å². The van der Waals surface area contributed by atoms with Crippen LogP contribution in [0.1, 0.15) is 194 Å². The minimum atomic E-state index is -4.58. The van der Waals surface area contributed by atoms with Gasteiger partial charge < -0.3 is 23.7 Å². The number of halogens is 6. The quantitative estimate of drug-likeness (QED) is 0.0837. The lowest BCUT2D eigenvalue weighted by Gasteiger charge is -2.38. The number of carbonyl (C=O) groups is 5. The van der Waals surface area contributed by atoms with Crippen molar-refractivity contribution in [1.29, 1.82) is 0 Å². The monoisotopic (exact) mass is 907 g/mol. The summed E-state index contributed by atoms with van der Waals surface area (Å²) < 4.78 is 94.0. The van der Waals surface area contributed by atoms with Gasteiger partial charge in [0.15, 0.2) is 19.8 Å². The lowest BCUT2D eigenvalue weighted by atomic mass is 9.78. The van der Waals surface area contributed by atoms with E-state index in [9.17, 15) is 50.3 Å². The van der Waals surface area contributed by atoms with E-state index >= 15 is 0 Å². The van der Waals surface area contributed by atoms with Crippen LogP contribution < -0.4 is 0 Å². The molecule has 0 saturated heterocycles. The van der Waals surface area contributed by atoms with Crippen LogP contribution in [-0.2, 0) is 47.7 Å². The molecule has 0 spiro atoms. The number of hydrogen-bond acceptors (Lipinski definition) is 10. The fourth-order valence-electron chi connectivity index (χ4n) is 5.58. The molecule has 0 heterocycles. The van der Waals surface area contributed by atoms with Crippen LogP contribution in [-0.4, -0.2) is 73.2 Å². The second-order valence-electron chi connectivity index (χ2n) is 19.5. The third-order valence-electron chi connectivity index (χ3n) is 12.2. The van der Waals surface area contributed by atoms with Crippen LogP contribution in [0.15, 0.2) is 0 Å². The van der Waals surface area contributed by atoms with Gasteiger partial charge >= 0.3 is 42.2 Å². The average Bonchev–Trinajstić information content (AvgIpc) is 3.67. The van der Waals surface area contributed by atoms with Crippen molar-refractivity contribution in [2.45, 2.75) is 217 Å². The van der Waals surface area contributed by atoms with Crippen LogP contribution in [0.5, 0.6) is 0 Å². The fraction of sp³-hybridized carbons (Fsp3) is 0.891. The normalized spacial score (nSPS) is 16.1. The van der Waals surface area contributed by atoms with Gasteiger partial charge in [0.1, 0.15) is 11.2 Å². The first-order valence-electron chi connectivity index (χ1n) is 22.1. The lowest BCUT2D eigenvalue weighted by Crippen LogP contribution is -2.41. The van der Waals surface area contributed by atoms with Gasteiger partial charge in [0, 0.05) is 0 Å². The summed E-state index contributed by atoms with van der Waals surface area (Å²) in [6, 6.07) is 0. The molecule has 0 bridgehead atoms. The largest absolute Gasteiger partial charge is 0.459 e. The molecule has 0 aliphatic heterocycles. The van der Waals surface area contributed by atoms with E-state index in [1.165, 1.54) is 44.9 Å². The molecule has 366 valence electrons. The van der Waals surface area contributed by atoms with Crippen molar-refractivity contribution in [3.8, 4) is 0 Å². The van der Waals surface area contributed by atoms with Gasteiger partial charge in [0.25, 0.3) is 0 Å². The highest BCUT2D eigenvalue weighted by Gasteiger charge is 2.41. The molecule has 2 rings (SSSR count). The molecule has 0 atom stereocenters. The van der Waals surface area contributed by atoms with Crippen molar-refractivity contribution in [2.75, 3.05) is 19.8 Å². The highest BCUT2D eigenvalue weighted by molar-refractivity contribution is 5.80. The predicted molar refractivity (Wildman–Crippen MR) is 226 cm³/mol. The van der Waals surface area contributed by atoms with Gasteiger partial charge in [-0.1, -0.05) is 53.9 Å². The zero-order valence-electron chi connectivity index (χ0n) is 40.4. The second kappa shape index (κ2) is 26.0. The van der Waals surface area contributed by atoms with E-state index in [0.29, 0.717) is 18.8 Å². The summed E-state index contributed by atoms with van der Waals surface area (Å²) in [6.45, 7) is 24.0. The Balaban J connectivity index is 0. The molecular weight excluding hydrogens is 826 g/mol. The number of esters is 5. The Morgan fingerprint density at radius 1 is 0.500 bits per heavy atom. The molecule has 16 heteroatoms. The van der Waals surface area contributed by atoms with Crippen molar-refractivity contribution in [1.82, 2.24) is 0 Å². The molecule has 0 N–H and O–H groups in total. The van der Waals surface area contributed by atoms with Crippen LogP contribution in [0.3, 0.4) is 0 Å².